The third-order valence-corrected chi connectivity index (χ3v) is 4.56. The highest BCUT2D eigenvalue weighted by Crippen LogP contribution is 2.21. The number of carboxylic acid groups (broad SMARTS) is 1. The molecular formula is C13H11FN2O4S. The lowest BCUT2D eigenvalue weighted by molar-refractivity contribution is -0.140. The van der Waals surface area contributed by atoms with Crippen molar-refractivity contribution in [3.05, 3.63) is 41.7 Å². The minimum atomic E-state index is -3.95. The Bertz CT molecular complexity index is 752. The van der Waals surface area contributed by atoms with Crippen molar-refractivity contribution in [2.24, 2.45) is 5.92 Å². The number of nitrogens with one attached hydrogen (secondary N) is 1. The van der Waals surface area contributed by atoms with E-state index in [4.69, 9.17) is 10.4 Å². The van der Waals surface area contributed by atoms with Crippen LogP contribution in [0.2, 0.25) is 0 Å². The summed E-state index contributed by atoms with van der Waals surface area (Å²) in [5.74, 6) is -2.56. The Morgan fingerprint density at radius 3 is 2.71 bits per heavy atom. The van der Waals surface area contributed by atoms with Gasteiger partial charge in [-0.25, -0.2) is 17.5 Å². The first kappa shape index (κ1) is 15.2. The lowest BCUT2D eigenvalue weighted by Gasteiger charge is -2.13. The highest BCUT2D eigenvalue weighted by atomic mass is 32.2. The average molecular weight is 310 g/mol. The number of carbonyl (C=O) groups is 1. The lowest BCUT2D eigenvalue weighted by atomic mass is 10.1. The Labute approximate surface area is 120 Å². The van der Waals surface area contributed by atoms with Crippen molar-refractivity contribution in [3.8, 4) is 6.07 Å². The SMILES string of the molecule is N#Cc1cc(S(=O)(=O)NC2C=CC(C(=O)O)C2)ccc1F. The predicted molar refractivity (Wildman–Crippen MR) is 70.1 cm³/mol. The number of hydrogen-bond acceptors (Lipinski definition) is 4. The molecule has 0 saturated heterocycles. The van der Waals surface area contributed by atoms with Crippen molar-refractivity contribution < 1.29 is 22.7 Å². The highest BCUT2D eigenvalue weighted by Gasteiger charge is 2.28. The highest BCUT2D eigenvalue weighted by molar-refractivity contribution is 7.89. The van der Waals surface area contributed by atoms with Gasteiger partial charge in [-0.2, -0.15) is 5.26 Å². The summed E-state index contributed by atoms with van der Waals surface area (Å²) in [6.45, 7) is 0. The molecule has 0 amide bonds. The van der Waals surface area contributed by atoms with E-state index < -0.39 is 33.8 Å². The van der Waals surface area contributed by atoms with Gasteiger partial charge in [0, 0.05) is 6.04 Å². The molecule has 0 saturated carbocycles. The van der Waals surface area contributed by atoms with Crippen LogP contribution in [-0.2, 0) is 14.8 Å². The molecule has 2 rings (SSSR count). The van der Waals surface area contributed by atoms with E-state index in [1.807, 2.05) is 0 Å². The van der Waals surface area contributed by atoms with Crippen LogP contribution in [-0.4, -0.2) is 25.5 Å². The Morgan fingerprint density at radius 1 is 1.43 bits per heavy atom. The summed E-state index contributed by atoms with van der Waals surface area (Å²) in [6, 6.07) is 3.80. The maximum Gasteiger partial charge on any atom is 0.310 e. The number of sulfonamides is 1. The van der Waals surface area contributed by atoms with Crippen LogP contribution >= 0.6 is 0 Å². The summed E-state index contributed by atoms with van der Waals surface area (Å²) >= 11 is 0. The molecule has 2 N–H and O–H groups in total. The van der Waals surface area contributed by atoms with Gasteiger partial charge in [0.25, 0.3) is 0 Å². The molecule has 110 valence electrons. The van der Waals surface area contributed by atoms with Crippen molar-refractivity contribution in [1.29, 1.82) is 5.26 Å². The van der Waals surface area contributed by atoms with Gasteiger partial charge in [0.05, 0.1) is 16.4 Å². The van der Waals surface area contributed by atoms with Crippen LogP contribution in [0.1, 0.15) is 12.0 Å². The van der Waals surface area contributed by atoms with Crippen LogP contribution in [0.5, 0.6) is 0 Å². The third kappa shape index (κ3) is 3.26. The Balaban J connectivity index is 2.19. The third-order valence-electron chi connectivity index (χ3n) is 3.08. The van der Waals surface area contributed by atoms with Crippen molar-refractivity contribution in [3.63, 3.8) is 0 Å². The zero-order chi connectivity index (χ0) is 15.6. The largest absolute Gasteiger partial charge is 0.481 e. The predicted octanol–water partition coefficient (Wildman–Crippen LogP) is 1.00. The smallest absolute Gasteiger partial charge is 0.310 e. The first-order valence-electron chi connectivity index (χ1n) is 5.96. The summed E-state index contributed by atoms with van der Waals surface area (Å²) in [4.78, 5) is 10.6. The van der Waals surface area contributed by atoms with Crippen molar-refractivity contribution in [1.82, 2.24) is 4.72 Å². The fourth-order valence-corrected chi connectivity index (χ4v) is 3.22. The fraction of sp³-hybridized carbons (Fsp3) is 0.231. The number of nitrogens with zero attached hydrogens (tertiary/aromatic N) is 1. The van der Waals surface area contributed by atoms with Crippen molar-refractivity contribution in [2.45, 2.75) is 17.4 Å². The summed E-state index contributed by atoms with van der Waals surface area (Å²) in [6.07, 6.45) is 2.99. The zero-order valence-electron chi connectivity index (χ0n) is 10.7. The number of aliphatic carboxylic acids is 1. The second-order valence-electron chi connectivity index (χ2n) is 4.55. The van der Waals surface area contributed by atoms with Gasteiger partial charge in [0.1, 0.15) is 11.9 Å². The Kier molecular flexibility index (Phi) is 4.06. The van der Waals surface area contributed by atoms with Gasteiger partial charge in [-0.1, -0.05) is 12.2 Å². The minimum absolute atomic E-state index is 0.112. The van der Waals surface area contributed by atoms with Gasteiger partial charge in [-0.15, -0.1) is 0 Å². The zero-order valence-corrected chi connectivity index (χ0v) is 11.5. The molecule has 2 unspecified atom stereocenters. The summed E-state index contributed by atoms with van der Waals surface area (Å²) in [5.41, 5.74) is -0.372. The minimum Gasteiger partial charge on any atom is -0.481 e. The molecule has 1 aromatic carbocycles. The van der Waals surface area contributed by atoms with Gasteiger partial charge in [0.15, 0.2) is 0 Å². The Hall–Kier alpha value is -2.24. The molecule has 0 bridgehead atoms. The van der Waals surface area contributed by atoms with E-state index in [-0.39, 0.29) is 16.9 Å². The summed E-state index contributed by atoms with van der Waals surface area (Å²) < 4.78 is 39.7. The second kappa shape index (κ2) is 5.63. The van der Waals surface area contributed by atoms with Gasteiger partial charge in [0.2, 0.25) is 10.0 Å². The maximum absolute atomic E-state index is 13.2. The molecule has 21 heavy (non-hydrogen) atoms. The van der Waals surface area contributed by atoms with Crippen LogP contribution in [0, 0.1) is 23.1 Å². The van der Waals surface area contributed by atoms with Crippen LogP contribution in [0.25, 0.3) is 0 Å². The van der Waals surface area contributed by atoms with E-state index in [1.54, 1.807) is 6.07 Å². The molecule has 6 nitrogen and oxygen atoms in total. The number of nitriles is 1. The lowest BCUT2D eigenvalue weighted by Crippen LogP contribution is -2.33. The first-order chi connectivity index (χ1) is 9.83. The van der Waals surface area contributed by atoms with Crippen LogP contribution in [0.3, 0.4) is 0 Å². The van der Waals surface area contributed by atoms with Gasteiger partial charge in [-0.05, 0) is 24.6 Å². The van der Waals surface area contributed by atoms with E-state index in [2.05, 4.69) is 4.72 Å². The normalized spacial score (nSPS) is 21.1. The molecule has 2 atom stereocenters. The summed E-state index contributed by atoms with van der Waals surface area (Å²) in [5, 5.41) is 17.5. The molecule has 0 aliphatic heterocycles. The van der Waals surface area contributed by atoms with Crippen molar-refractivity contribution in [2.75, 3.05) is 0 Å². The topological polar surface area (TPSA) is 107 Å². The van der Waals surface area contributed by atoms with Gasteiger partial charge >= 0.3 is 5.97 Å². The number of halogens is 1. The Morgan fingerprint density at radius 2 is 2.14 bits per heavy atom. The van der Waals surface area contributed by atoms with E-state index in [0.717, 1.165) is 18.2 Å². The molecule has 0 radical (unpaired) electrons. The fourth-order valence-electron chi connectivity index (χ4n) is 1.99. The molecule has 8 heteroatoms. The second-order valence-corrected chi connectivity index (χ2v) is 6.26. The maximum atomic E-state index is 13.2. The molecule has 0 fully saturated rings. The molecule has 0 heterocycles. The van der Waals surface area contributed by atoms with Gasteiger partial charge < -0.3 is 5.11 Å². The van der Waals surface area contributed by atoms with Crippen LogP contribution < -0.4 is 4.72 Å². The van der Waals surface area contributed by atoms with E-state index in [0.29, 0.717) is 0 Å². The molecule has 1 aliphatic rings. The van der Waals surface area contributed by atoms with Crippen LogP contribution in [0.4, 0.5) is 4.39 Å². The van der Waals surface area contributed by atoms with E-state index >= 15 is 0 Å². The van der Waals surface area contributed by atoms with E-state index in [9.17, 15) is 17.6 Å². The average Bonchev–Trinajstić information content (AvgIpc) is 2.87. The molecule has 1 aromatic rings. The molecule has 0 aromatic heterocycles. The molecular weight excluding hydrogens is 299 g/mol. The van der Waals surface area contributed by atoms with E-state index in [1.165, 1.54) is 12.2 Å². The first-order valence-corrected chi connectivity index (χ1v) is 7.45. The van der Waals surface area contributed by atoms with Crippen LogP contribution in [0.15, 0.2) is 35.2 Å². The van der Waals surface area contributed by atoms with Gasteiger partial charge in [-0.3, -0.25) is 4.79 Å². The summed E-state index contributed by atoms with van der Waals surface area (Å²) in [7, 11) is -3.95. The molecule has 1 aliphatic carbocycles. The number of benzene rings is 1. The monoisotopic (exact) mass is 310 g/mol. The number of rotatable bonds is 4. The number of carboxylic acids is 1. The molecule has 0 spiro atoms. The number of hydrogen-bond donors (Lipinski definition) is 2. The standard InChI is InChI=1S/C13H11FN2O4S/c14-12-4-3-11(6-9(12)7-15)21(19,20)16-10-2-1-8(5-10)13(17)18/h1-4,6,8,10,16H,5H2,(H,17,18). The van der Waals surface area contributed by atoms with Crippen molar-refractivity contribution >= 4 is 16.0 Å². The quantitative estimate of drug-likeness (QED) is 0.807.